The van der Waals surface area contributed by atoms with Gasteiger partial charge in [0.15, 0.2) is 11.4 Å². The number of amides is 1. The quantitative estimate of drug-likeness (QED) is 0.0556. The van der Waals surface area contributed by atoms with Gasteiger partial charge in [0, 0.05) is 101 Å². The molecule has 5 N–H and O–H groups in total. The molecule has 2 atom stereocenters. The number of hydroxylamine groups is 1. The van der Waals surface area contributed by atoms with Crippen LogP contribution in [0.5, 0.6) is 23.1 Å². The van der Waals surface area contributed by atoms with Crippen LogP contribution in [0, 0.1) is 16.9 Å². The third-order valence-electron chi connectivity index (χ3n) is 15.0. The van der Waals surface area contributed by atoms with E-state index < -0.39 is 21.7 Å². The van der Waals surface area contributed by atoms with Gasteiger partial charge in [0.25, 0.3) is 21.8 Å². The number of aromatic nitrogens is 4. The van der Waals surface area contributed by atoms with Gasteiger partial charge in [0.05, 0.1) is 44.1 Å². The van der Waals surface area contributed by atoms with Gasteiger partial charge in [-0.3, -0.25) is 14.6 Å². The molecule has 0 aliphatic carbocycles. The minimum absolute atomic E-state index is 0.00305. The number of nitrogens with zero attached hydrogens (tertiary/aromatic N) is 5. The zero-order valence-corrected chi connectivity index (χ0v) is 43.8. The molecule has 20 heteroatoms. The molecular weight excluding hydrogens is 980 g/mol. The summed E-state index contributed by atoms with van der Waals surface area (Å²) in [6, 6.07) is 25.3. The van der Waals surface area contributed by atoms with Crippen molar-refractivity contribution in [3.05, 3.63) is 125 Å². The number of nitrogens with one attached hydrogen (secondary N) is 5. The van der Waals surface area contributed by atoms with Gasteiger partial charge >= 0.3 is 0 Å². The van der Waals surface area contributed by atoms with Crippen LogP contribution in [-0.2, 0) is 21.3 Å². The molecule has 1 amide bonds. The number of halogens is 1. The van der Waals surface area contributed by atoms with E-state index in [1.165, 1.54) is 61.6 Å². The number of piperidine rings is 1. The maximum atomic E-state index is 15.0. The van der Waals surface area contributed by atoms with E-state index in [4.69, 9.17) is 18.9 Å². The lowest BCUT2D eigenvalue weighted by atomic mass is 9.89. The molecule has 6 heterocycles. The van der Waals surface area contributed by atoms with Crippen molar-refractivity contribution in [3.63, 3.8) is 0 Å². The first kappa shape index (κ1) is 51.7. The summed E-state index contributed by atoms with van der Waals surface area (Å²) in [4.78, 5) is 36.2. The Hall–Kier alpha value is -6.81. The molecule has 3 aromatic heterocycles. The second kappa shape index (κ2) is 22.2. The average molecular weight is 1050 g/mol. The van der Waals surface area contributed by atoms with Gasteiger partial charge in [0.1, 0.15) is 39.1 Å². The summed E-state index contributed by atoms with van der Waals surface area (Å²) < 4.78 is 69.1. The van der Waals surface area contributed by atoms with Gasteiger partial charge in [0.2, 0.25) is 0 Å². The van der Waals surface area contributed by atoms with Crippen molar-refractivity contribution in [2.24, 2.45) is 5.92 Å². The molecule has 0 saturated carbocycles. The number of ether oxygens (including phenoxy) is 4. The molecule has 2 unspecified atom stereocenters. The van der Waals surface area contributed by atoms with Crippen LogP contribution in [0.15, 0.2) is 96.3 Å². The van der Waals surface area contributed by atoms with Crippen LogP contribution in [0.3, 0.4) is 0 Å². The fraction of sp³-hybridized carbons (Fsp3) is 0.400. The van der Waals surface area contributed by atoms with Gasteiger partial charge < -0.3 is 49.4 Å². The number of hydrogen-bond acceptors (Lipinski definition) is 14. The molecule has 0 spiro atoms. The Morgan fingerprint density at radius 2 is 1.72 bits per heavy atom. The third kappa shape index (κ3) is 11.0. The number of piperazine rings is 1. The number of carbonyl (C=O) groups is 1. The van der Waals surface area contributed by atoms with Gasteiger partial charge in [-0.05, 0) is 78.5 Å². The van der Waals surface area contributed by atoms with Crippen molar-refractivity contribution in [2.45, 2.75) is 69.0 Å². The van der Waals surface area contributed by atoms with Gasteiger partial charge in [-0.15, -0.1) is 0 Å². The van der Waals surface area contributed by atoms with Crippen LogP contribution >= 0.6 is 0 Å². The lowest BCUT2D eigenvalue weighted by Crippen LogP contribution is -2.98. The summed E-state index contributed by atoms with van der Waals surface area (Å²) >= 11 is 0. The molecule has 3 aliphatic heterocycles. The lowest BCUT2D eigenvalue weighted by molar-refractivity contribution is -0.750. The number of sulfonamides is 1. The molecule has 7 aromatic rings. The monoisotopic (exact) mass is 1040 g/mol. The van der Waals surface area contributed by atoms with E-state index in [0.717, 1.165) is 63.3 Å². The van der Waals surface area contributed by atoms with E-state index in [1.54, 1.807) is 19.2 Å². The standard InChI is InChI=1S/C55H65FN10O8S/c1-34(2)40-8-6-7-9-41(40)46-32-64(31-36-10-13-39(71-4)14-11-36)22-23-66(46)37-16-20-65(21-17-37)38-12-15-42(47(26-38)74-48-27-43-44(56)30-58-53(43)61-55(48)72-5)54(67)62-75(69,70)49-28-45(63(3)68)50(52-51(49)59-33-60-52)57-29-35-18-24-73-25-19-35/h6-15,26-28,30,33-35,37,46,57,63H,16-25,29,31-32H2,1-5H3,(H,58,61)(H,59,60)(H,62,67). The highest BCUT2D eigenvalue weighted by molar-refractivity contribution is 7.90. The smallest absolute Gasteiger partial charge is 0.268 e. The molecule has 10 rings (SSSR count). The first-order chi connectivity index (χ1) is 36.3. The summed E-state index contributed by atoms with van der Waals surface area (Å²) in [6.07, 6.45) is 5.95. The van der Waals surface area contributed by atoms with Gasteiger partial charge in [-0.1, -0.05) is 50.2 Å². The zero-order chi connectivity index (χ0) is 52.4. The molecule has 4 aromatic carbocycles. The first-order valence-electron chi connectivity index (χ1n) is 25.7. The minimum atomic E-state index is -4.69. The molecule has 75 heavy (non-hydrogen) atoms. The van der Waals surface area contributed by atoms with Crippen molar-refractivity contribution in [3.8, 4) is 23.1 Å². The van der Waals surface area contributed by atoms with Crippen LogP contribution in [0.1, 0.15) is 78.5 Å². The number of aromatic amines is 2. The van der Waals surface area contributed by atoms with Gasteiger partial charge in [-0.25, -0.2) is 22.5 Å². The highest BCUT2D eigenvalue weighted by Crippen LogP contribution is 2.40. The van der Waals surface area contributed by atoms with Crippen LogP contribution < -0.4 is 34.2 Å². The fourth-order valence-corrected chi connectivity index (χ4v) is 12.1. The SMILES string of the molecule is COc1ccc(CN2CCN(C3CCN(c4ccc(C(=O)NS(=O)(=O)c5cc([NH+](C)[O-])c(NCC6CCOCC6)c6[nH]cnc56)c(Oc5cc6c(F)c[nH]c6nc5OC)c4)CC3)C(c3ccccc3C(C)C)C2)cc1. The molecule has 3 aliphatic rings. The van der Waals surface area contributed by atoms with Gasteiger partial charge in [-0.2, -0.15) is 4.98 Å². The highest BCUT2D eigenvalue weighted by atomic mass is 32.2. The van der Waals surface area contributed by atoms with Crippen molar-refractivity contribution in [2.75, 3.05) is 84.0 Å². The number of rotatable bonds is 17. The van der Waals surface area contributed by atoms with Crippen LogP contribution in [0.25, 0.3) is 22.1 Å². The molecule has 3 fully saturated rings. The predicted molar refractivity (Wildman–Crippen MR) is 285 cm³/mol. The molecule has 18 nitrogen and oxygen atoms in total. The largest absolute Gasteiger partial charge is 0.629 e. The second-order valence-electron chi connectivity index (χ2n) is 20.0. The lowest BCUT2D eigenvalue weighted by Gasteiger charge is -2.48. The Kier molecular flexibility index (Phi) is 15.3. The van der Waals surface area contributed by atoms with E-state index >= 15 is 4.39 Å². The first-order valence-corrected chi connectivity index (χ1v) is 27.1. The maximum Gasteiger partial charge on any atom is 0.268 e. The third-order valence-corrected chi connectivity index (χ3v) is 16.3. The summed E-state index contributed by atoms with van der Waals surface area (Å²) in [7, 11) is -0.257. The van der Waals surface area contributed by atoms with E-state index in [2.05, 4.69) is 94.9 Å². The maximum absolute atomic E-state index is 15.0. The summed E-state index contributed by atoms with van der Waals surface area (Å²) in [5, 5.41) is 16.3. The van der Waals surface area contributed by atoms with Crippen LogP contribution in [0.2, 0.25) is 0 Å². The number of hydrogen-bond donors (Lipinski definition) is 5. The number of benzene rings is 4. The van der Waals surface area contributed by atoms with Crippen molar-refractivity contribution < 1.29 is 41.6 Å². The number of imidazole rings is 1. The van der Waals surface area contributed by atoms with Crippen molar-refractivity contribution in [1.29, 1.82) is 0 Å². The molecule has 0 bridgehead atoms. The number of quaternary nitrogens is 1. The molecular formula is C55H65FN10O8S. The number of methoxy groups -OCH3 is 2. The van der Waals surface area contributed by atoms with E-state index in [1.807, 2.05) is 12.1 Å². The zero-order valence-electron chi connectivity index (χ0n) is 43.0. The summed E-state index contributed by atoms with van der Waals surface area (Å²) in [5.74, 6) is -0.0903. The summed E-state index contributed by atoms with van der Waals surface area (Å²) in [6.45, 7) is 11.3. The van der Waals surface area contributed by atoms with E-state index in [9.17, 15) is 18.4 Å². The number of pyridine rings is 1. The highest BCUT2D eigenvalue weighted by Gasteiger charge is 2.37. The summed E-state index contributed by atoms with van der Waals surface area (Å²) in [5.41, 5.74) is 5.71. The average Bonchev–Trinajstić information content (AvgIpc) is 4.07. The Morgan fingerprint density at radius 1 is 0.947 bits per heavy atom. The second-order valence-corrected chi connectivity index (χ2v) is 21.7. The topological polar surface area (TPSA) is 207 Å². The van der Waals surface area contributed by atoms with E-state index in [0.29, 0.717) is 61.9 Å². The van der Waals surface area contributed by atoms with Crippen LogP contribution in [-0.4, -0.2) is 124 Å². The predicted octanol–water partition coefficient (Wildman–Crippen LogP) is 7.64. The Bertz CT molecular complexity index is 3260. The minimum Gasteiger partial charge on any atom is -0.629 e. The Balaban J connectivity index is 0.923. The molecule has 0 radical (unpaired) electrons. The number of carbonyl (C=O) groups excluding carboxylic acids is 1. The molecule has 396 valence electrons. The molecule has 3 saturated heterocycles. The van der Waals surface area contributed by atoms with E-state index in [-0.39, 0.29) is 61.2 Å². The Morgan fingerprint density at radius 3 is 2.45 bits per heavy atom. The fourth-order valence-electron chi connectivity index (χ4n) is 11.0. The number of H-pyrrole nitrogens is 2. The Labute approximate surface area is 436 Å². The van der Waals surface area contributed by atoms with Crippen molar-refractivity contribution >= 4 is 55.1 Å². The normalized spacial score (nSPS) is 17.9. The number of fused-ring (bicyclic) bond motifs is 2. The van der Waals surface area contributed by atoms with Crippen LogP contribution in [0.4, 0.5) is 21.5 Å². The van der Waals surface area contributed by atoms with Crippen molar-refractivity contribution in [1.82, 2.24) is 34.5 Å². The number of anilines is 2.